The fraction of sp³-hybridized carbons (Fsp3) is 0.300. The number of amides is 1. The van der Waals surface area contributed by atoms with Gasteiger partial charge in [-0.1, -0.05) is 25.5 Å². The summed E-state index contributed by atoms with van der Waals surface area (Å²) in [6.07, 6.45) is 3.39. The Morgan fingerprint density at radius 3 is 2.75 bits per heavy atom. The summed E-state index contributed by atoms with van der Waals surface area (Å²) in [5, 5.41) is 3.21. The Bertz CT molecular complexity index is 1100. The number of fused-ring (bicyclic) bond motifs is 1. The zero-order chi connectivity index (χ0) is 20.3. The number of nitrogens with zero attached hydrogens (tertiary/aromatic N) is 2. The quantitative estimate of drug-likeness (QED) is 0.640. The van der Waals surface area contributed by atoms with Gasteiger partial charge in [0, 0.05) is 6.54 Å². The first kappa shape index (κ1) is 19.8. The highest BCUT2D eigenvalue weighted by Gasteiger charge is 2.21. The lowest BCUT2D eigenvalue weighted by Crippen LogP contribution is -2.20. The van der Waals surface area contributed by atoms with Gasteiger partial charge in [-0.25, -0.2) is 9.78 Å². The maximum Gasteiger partial charge on any atom is 0.339 e. The number of thiophene rings is 1. The molecule has 1 N–H and O–H groups in total. The van der Waals surface area contributed by atoms with Crippen molar-refractivity contribution >= 4 is 39.1 Å². The molecule has 3 rings (SSSR count). The fourth-order valence-electron chi connectivity index (χ4n) is 2.92. The molecule has 8 heteroatoms. The van der Waals surface area contributed by atoms with Gasteiger partial charge >= 0.3 is 5.97 Å². The van der Waals surface area contributed by atoms with Gasteiger partial charge in [0.1, 0.15) is 4.83 Å². The predicted molar refractivity (Wildman–Crippen MR) is 109 cm³/mol. The maximum atomic E-state index is 12.8. The molecule has 28 heavy (non-hydrogen) atoms. The molecule has 146 valence electrons. The molecule has 7 nitrogen and oxygen atoms in total. The lowest BCUT2D eigenvalue weighted by atomic mass is 10.1. The Labute approximate surface area is 166 Å². The number of rotatable bonds is 6. The summed E-state index contributed by atoms with van der Waals surface area (Å²) in [4.78, 5) is 42.8. The van der Waals surface area contributed by atoms with E-state index in [1.54, 1.807) is 35.8 Å². The van der Waals surface area contributed by atoms with Crippen molar-refractivity contribution in [3.05, 3.63) is 57.0 Å². The number of carbonyl (C=O) groups excluding carboxylic acids is 2. The average molecular weight is 399 g/mol. The lowest BCUT2D eigenvalue weighted by molar-refractivity contribution is 0.0602. The second kappa shape index (κ2) is 8.35. The van der Waals surface area contributed by atoms with Crippen LogP contribution in [0.15, 0.2) is 35.4 Å². The number of carbonyl (C=O) groups is 2. The molecule has 3 aromatic rings. The molecular weight excluding hydrogens is 378 g/mol. The van der Waals surface area contributed by atoms with Crippen LogP contribution in [0.5, 0.6) is 0 Å². The molecule has 0 bridgehead atoms. The number of nitrogens with one attached hydrogen (secondary N) is 1. The smallest absolute Gasteiger partial charge is 0.339 e. The molecule has 0 saturated heterocycles. The van der Waals surface area contributed by atoms with E-state index in [4.69, 9.17) is 4.74 Å². The predicted octanol–water partition coefficient (Wildman–Crippen LogP) is 3.61. The molecule has 2 heterocycles. The fourth-order valence-corrected chi connectivity index (χ4v) is 3.96. The van der Waals surface area contributed by atoms with Crippen LogP contribution in [-0.2, 0) is 11.3 Å². The Kier molecular flexibility index (Phi) is 5.89. The van der Waals surface area contributed by atoms with Crippen LogP contribution < -0.4 is 10.9 Å². The number of esters is 1. The zero-order valence-electron chi connectivity index (χ0n) is 15.9. The topological polar surface area (TPSA) is 90.3 Å². The van der Waals surface area contributed by atoms with E-state index in [0.29, 0.717) is 32.9 Å². The first-order chi connectivity index (χ1) is 13.5. The van der Waals surface area contributed by atoms with Crippen LogP contribution in [0.2, 0.25) is 0 Å². The van der Waals surface area contributed by atoms with Crippen LogP contribution in [0.3, 0.4) is 0 Å². The van der Waals surface area contributed by atoms with Crippen molar-refractivity contribution < 1.29 is 14.3 Å². The van der Waals surface area contributed by atoms with Crippen molar-refractivity contribution in [2.24, 2.45) is 0 Å². The summed E-state index contributed by atoms with van der Waals surface area (Å²) in [5.41, 5.74) is 1.07. The number of benzene rings is 1. The van der Waals surface area contributed by atoms with Crippen molar-refractivity contribution in [3.63, 3.8) is 0 Å². The monoisotopic (exact) mass is 399 g/mol. The average Bonchev–Trinajstić information content (AvgIpc) is 3.04. The second-order valence-electron chi connectivity index (χ2n) is 6.32. The van der Waals surface area contributed by atoms with E-state index in [1.807, 2.05) is 0 Å². The van der Waals surface area contributed by atoms with Crippen molar-refractivity contribution in [1.82, 2.24) is 9.55 Å². The van der Waals surface area contributed by atoms with Gasteiger partial charge in [-0.3, -0.25) is 14.2 Å². The minimum Gasteiger partial charge on any atom is -0.465 e. The maximum absolute atomic E-state index is 12.8. The number of ether oxygens (including phenoxy) is 1. The first-order valence-corrected chi connectivity index (χ1v) is 9.76. The lowest BCUT2D eigenvalue weighted by Gasteiger charge is -2.09. The zero-order valence-corrected chi connectivity index (χ0v) is 16.8. The molecule has 1 amide bonds. The van der Waals surface area contributed by atoms with Crippen LogP contribution in [0, 0.1) is 6.92 Å². The minimum absolute atomic E-state index is 0.138. The van der Waals surface area contributed by atoms with Crippen LogP contribution in [-0.4, -0.2) is 28.5 Å². The van der Waals surface area contributed by atoms with Crippen molar-refractivity contribution in [3.8, 4) is 0 Å². The molecule has 0 saturated carbocycles. The third-order valence-corrected chi connectivity index (χ3v) is 5.66. The van der Waals surface area contributed by atoms with Gasteiger partial charge in [-0.05, 0) is 31.0 Å². The Hall–Kier alpha value is -3.00. The molecule has 0 aliphatic carbocycles. The normalized spacial score (nSPS) is 10.8. The van der Waals surface area contributed by atoms with Crippen molar-refractivity contribution in [2.75, 3.05) is 12.4 Å². The van der Waals surface area contributed by atoms with Crippen LogP contribution in [0.25, 0.3) is 10.2 Å². The number of unbranched alkanes of at least 4 members (excludes halogenated alkanes) is 1. The molecule has 0 spiro atoms. The van der Waals surface area contributed by atoms with E-state index in [0.717, 1.165) is 12.8 Å². The molecule has 0 aliphatic rings. The molecular formula is C20H21N3O4S. The van der Waals surface area contributed by atoms with E-state index in [1.165, 1.54) is 24.8 Å². The van der Waals surface area contributed by atoms with Gasteiger partial charge in [0.05, 0.1) is 35.0 Å². The largest absolute Gasteiger partial charge is 0.465 e. The van der Waals surface area contributed by atoms with Gasteiger partial charge in [-0.2, -0.15) is 0 Å². The number of anilines is 1. The SMILES string of the molecule is CCCCn1cnc2sc(C(=O)Nc3ccccc3C(=O)OC)c(C)c2c1=O. The van der Waals surface area contributed by atoms with Crippen LogP contribution >= 0.6 is 11.3 Å². The highest BCUT2D eigenvalue weighted by atomic mass is 32.1. The molecule has 2 aromatic heterocycles. The summed E-state index contributed by atoms with van der Waals surface area (Å²) in [7, 11) is 1.28. The highest BCUT2D eigenvalue weighted by Crippen LogP contribution is 2.28. The summed E-state index contributed by atoms with van der Waals surface area (Å²) in [6.45, 7) is 4.40. The van der Waals surface area contributed by atoms with Crippen molar-refractivity contribution in [2.45, 2.75) is 33.2 Å². The van der Waals surface area contributed by atoms with E-state index in [-0.39, 0.29) is 11.1 Å². The third-order valence-electron chi connectivity index (χ3n) is 4.46. The van der Waals surface area contributed by atoms with Crippen molar-refractivity contribution in [1.29, 1.82) is 0 Å². The van der Waals surface area contributed by atoms with E-state index in [2.05, 4.69) is 17.2 Å². The Balaban J connectivity index is 1.97. The summed E-state index contributed by atoms with van der Waals surface area (Å²) < 4.78 is 6.34. The molecule has 0 radical (unpaired) electrons. The number of aromatic nitrogens is 2. The first-order valence-electron chi connectivity index (χ1n) is 8.95. The highest BCUT2D eigenvalue weighted by molar-refractivity contribution is 7.20. The Morgan fingerprint density at radius 1 is 1.29 bits per heavy atom. The number of hydrogen-bond donors (Lipinski definition) is 1. The van der Waals surface area contributed by atoms with Crippen LogP contribution in [0.4, 0.5) is 5.69 Å². The second-order valence-corrected chi connectivity index (χ2v) is 7.32. The third kappa shape index (κ3) is 3.68. The van der Waals surface area contributed by atoms with Gasteiger partial charge in [0.2, 0.25) is 0 Å². The molecule has 0 fully saturated rings. The van der Waals surface area contributed by atoms with Gasteiger partial charge in [-0.15, -0.1) is 11.3 Å². The van der Waals surface area contributed by atoms with E-state index < -0.39 is 11.9 Å². The molecule has 0 unspecified atom stereocenters. The van der Waals surface area contributed by atoms with E-state index >= 15 is 0 Å². The number of methoxy groups -OCH3 is 1. The van der Waals surface area contributed by atoms with Gasteiger partial charge in [0.15, 0.2) is 0 Å². The minimum atomic E-state index is -0.538. The van der Waals surface area contributed by atoms with E-state index in [9.17, 15) is 14.4 Å². The van der Waals surface area contributed by atoms with Gasteiger partial charge in [0.25, 0.3) is 11.5 Å². The number of aryl methyl sites for hydroxylation is 2. The Morgan fingerprint density at radius 2 is 2.04 bits per heavy atom. The molecule has 0 atom stereocenters. The number of hydrogen-bond acceptors (Lipinski definition) is 6. The molecule has 0 aliphatic heterocycles. The standard InChI is InChI=1S/C20H21N3O4S/c1-4-5-10-23-11-21-18-15(19(23)25)12(2)16(28-18)17(24)22-14-9-7-6-8-13(14)20(26)27-3/h6-9,11H,4-5,10H2,1-3H3,(H,22,24). The number of para-hydroxylation sites is 1. The summed E-state index contributed by atoms with van der Waals surface area (Å²) in [6, 6.07) is 6.61. The summed E-state index contributed by atoms with van der Waals surface area (Å²) >= 11 is 1.17. The van der Waals surface area contributed by atoms with Crippen LogP contribution in [0.1, 0.15) is 45.4 Å². The van der Waals surface area contributed by atoms with Gasteiger partial charge < -0.3 is 10.1 Å². The summed E-state index contributed by atoms with van der Waals surface area (Å²) in [5.74, 6) is -0.930. The molecule has 1 aromatic carbocycles.